The van der Waals surface area contributed by atoms with Crippen LogP contribution in [0.4, 0.5) is 10.1 Å². The predicted molar refractivity (Wildman–Crippen MR) is 82.0 cm³/mol. The molecule has 106 valence electrons. The van der Waals surface area contributed by atoms with Crippen LogP contribution in [-0.4, -0.2) is 10.1 Å². The highest BCUT2D eigenvalue weighted by Crippen LogP contribution is 2.27. The molecule has 3 rings (SSSR count). The van der Waals surface area contributed by atoms with Crippen molar-refractivity contribution in [1.29, 1.82) is 0 Å². The quantitative estimate of drug-likeness (QED) is 0.705. The van der Waals surface area contributed by atoms with Crippen LogP contribution in [0.15, 0.2) is 45.4 Å². The van der Waals surface area contributed by atoms with Gasteiger partial charge in [0.1, 0.15) is 5.82 Å². The number of hydrogen-bond acceptors (Lipinski definition) is 4. The van der Waals surface area contributed by atoms with Gasteiger partial charge in [-0.05, 0) is 36.8 Å². The van der Waals surface area contributed by atoms with Crippen LogP contribution < -0.4 is 5.73 Å². The summed E-state index contributed by atoms with van der Waals surface area (Å²) < 4.78 is 19.4. The van der Waals surface area contributed by atoms with Gasteiger partial charge in [-0.2, -0.15) is 4.98 Å². The highest BCUT2D eigenvalue weighted by atomic mass is 79.9. The zero-order valence-corrected chi connectivity index (χ0v) is 12.7. The normalized spacial score (nSPS) is 10.8. The summed E-state index contributed by atoms with van der Waals surface area (Å²) in [5, 5.41) is 3.94. The summed E-state index contributed by atoms with van der Waals surface area (Å²) >= 11 is 3.47. The zero-order valence-electron chi connectivity index (χ0n) is 11.1. The summed E-state index contributed by atoms with van der Waals surface area (Å²) in [4.78, 5) is 4.32. The third-order valence-corrected chi connectivity index (χ3v) is 3.95. The molecule has 0 aliphatic carbocycles. The molecule has 4 nitrogen and oxygen atoms in total. The molecule has 0 amide bonds. The summed E-state index contributed by atoms with van der Waals surface area (Å²) in [7, 11) is 0. The number of halogens is 2. The molecule has 0 bridgehead atoms. The Kier molecular flexibility index (Phi) is 3.47. The molecule has 0 fully saturated rings. The van der Waals surface area contributed by atoms with E-state index < -0.39 is 5.82 Å². The lowest BCUT2D eigenvalue weighted by atomic mass is 10.1. The Labute approximate surface area is 128 Å². The summed E-state index contributed by atoms with van der Waals surface area (Å²) in [5.74, 6) is 0.294. The lowest BCUT2D eigenvalue weighted by molar-refractivity contribution is 0.432. The maximum atomic E-state index is 13.2. The van der Waals surface area contributed by atoms with Crippen LogP contribution in [0, 0.1) is 12.7 Å². The molecule has 0 unspecified atom stereocenters. The van der Waals surface area contributed by atoms with E-state index in [1.165, 1.54) is 12.1 Å². The van der Waals surface area contributed by atoms with E-state index in [1.807, 2.05) is 25.1 Å². The SMILES string of the molecule is Cc1ccc(-c2noc(-c3ccc(F)c(N)c3)n2)cc1Br. The molecule has 1 heterocycles. The van der Waals surface area contributed by atoms with E-state index in [0.29, 0.717) is 17.3 Å². The minimum atomic E-state index is -0.471. The van der Waals surface area contributed by atoms with E-state index >= 15 is 0 Å². The van der Waals surface area contributed by atoms with Gasteiger partial charge in [0.15, 0.2) is 0 Å². The van der Waals surface area contributed by atoms with Crippen LogP contribution in [0.3, 0.4) is 0 Å². The topological polar surface area (TPSA) is 64.9 Å². The van der Waals surface area contributed by atoms with Crippen molar-refractivity contribution < 1.29 is 8.91 Å². The van der Waals surface area contributed by atoms with Crippen molar-refractivity contribution in [2.75, 3.05) is 5.73 Å². The third kappa shape index (κ3) is 2.67. The van der Waals surface area contributed by atoms with Crippen LogP contribution in [0.1, 0.15) is 5.56 Å². The van der Waals surface area contributed by atoms with E-state index in [1.54, 1.807) is 6.07 Å². The number of aromatic nitrogens is 2. The van der Waals surface area contributed by atoms with Crippen molar-refractivity contribution in [1.82, 2.24) is 10.1 Å². The van der Waals surface area contributed by atoms with Crippen LogP contribution in [-0.2, 0) is 0 Å². The fourth-order valence-electron chi connectivity index (χ4n) is 1.87. The summed E-state index contributed by atoms with van der Waals surface area (Å²) in [6.45, 7) is 2.00. The summed E-state index contributed by atoms with van der Waals surface area (Å²) in [5.41, 5.74) is 8.12. The van der Waals surface area contributed by atoms with Crippen molar-refractivity contribution in [3.05, 3.63) is 52.3 Å². The molecule has 0 aliphatic heterocycles. The zero-order chi connectivity index (χ0) is 15.0. The van der Waals surface area contributed by atoms with Crippen molar-refractivity contribution in [3.8, 4) is 22.8 Å². The van der Waals surface area contributed by atoms with E-state index in [4.69, 9.17) is 10.3 Å². The van der Waals surface area contributed by atoms with E-state index in [2.05, 4.69) is 26.1 Å². The largest absolute Gasteiger partial charge is 0.396 e. The second-order valence-electron chi connectivity index (χ2n) is 4.62. The maximum absolute atomic E-state index is 13.2. The number of anilines is 1. The van der Waals surface area contributed by atoms with Gasteiger partial charge in [0.2, 0.25) is 5.82 Å². The molecule has 0 aliphatic rings. The Morgan fingerprint density at radius 1 is 1.14 bits per heavy atom. The second kappa shape index (κ2) is 5.29. The number of nitrogens with zero attached hydrogens (tertiary/aromatic N) is 2. The highest BCUT2D eigenvalue weighted by molar-refractivity contribution is 9.10. The molecular weight excluding hydrogens is 337 g/mol. The maximum Gasteiger partial charge on any atom is 0.258 e. The first-order chi connectivity index (χ1) is 10.0. The van der Waals surface area contributed by atoms with E-state index in [-0.39, 0.29) is 5.69 Å². The predicted octanol–water partition coefficient (Wildman–Crippen LogP) is 4.20. The van der Waals surface area contributed by atoms with Gasteiger partial charge in [0.25, 0.3) is 5.89 Å². The first-order valence-corrected chi connectivity index (χ1v) is 6.99. The standard InChI is InChI=1S/C15H11BrFN3O/c1-8-2-3-9(6-11(8)16)14-19-15(21-20-14)10-4-5-12(17)13(18)7-10/h2-7H,18H2,1H3. The van der Waals surface area contributed by atoms with Gasteiger partial charge < -0.3 is 10.3 Å². The van der Waals surface area contributed by atoms with Gasteiger partial charge in [-0.3, -0.25) is 0 Å². The average Bonchev–Trinajstić information content (AvgIpc) is 2.94. The molecule has 0 radical (unpaired) electrons. The number of nitrogens with two attached hydrogens (primary N) is 1. The van der Waals surface area contributed by atoms with Gasteiger partial charge in [0, 0.05) is 15.6 Å². The third-order valence-electron chi connectivity index (χ3n) is 3.10. The molecule has 1 aromatic heterocycles. The number of nitrogen functional groups attached to an aromatic ring is 1. The smallest absolute Gasteiger partial charge is 0.258 e. The minimum Gasteiger partial charge on any atom is -0.396 e. The Morgan fingerprint density at radius 2 is 1.90 bits per heavy atom. The Bertz CT molecular complexity index is 750. The van der Waals surface area contributed by atoms with Crippen molar-refractivity contribution in [3.63, 3.8) is 0 Å². The molecule has 0 saturated carbocycles. The van der Waals surface area contributed by atoms with Gasteiger partial charge in [-0.15, -0.1) is 0 Å². The summed E-state index contributed by atoms with van der Waals surface area (Å²) in [6.07, 6.45) is 0. The fourth-order valence-corrected chi connectivity index (χ4v) is 2.25. The monoisotopic (exact) mass is 347 g/mol. The van der Waals surface area contributed by atoms with E-state index in [9.17, 15) is 4.39 Å². The number of benzene rings is 2. The minimum absolute atomic E-state index is 0.0466. The van der Waals surface area contributed by atoms with Gasteiger partial charge >= 0.3 is 0 Å². The van der Waals surface area contributed by atoms with Gasteiger partial charge in [-0.25, -0.2) is 4.39 Å². The Hall–Kier alpha value is -2.21. The molecule has 0 spiro atoms. The molecule has 21 heavy (non-hydrogen) atoms. The van der Waals surface area contributed by atoms with Crippen LogP contribution in [0.2, 0.25) is 0 Å². The number of hydrogen-bond donors (Lipinski definition) is 1. The van der Waals surface area contributed by atoms with Crippen molar-refractivity contribution >= 4 is 21.6 Å². The van der Waals surface area contributed by atoms with Crippen LogP contribution >= 0.6 is 15.9 Å². The molecule has 2 N–H and O–H groups in total. The number of aryl methyl sites for hydroxylation is 1. The van der Waals surface area contributed by atoms with Crippen LogP contribution in [0.25, 0.3) is 22.8 Å². The van der Waals surface area contributed by atoms with Gasteiger partial charge in [-0.1, -0.05) is 33.2 Å². The Balaban J connectivity index is 1.99. The van der Waals surface area contributed by atoms with E-state index in [0.717, 1.165) is 15.6 Å². The Morgan fingerprint density at radius 3 is 2.62 bits per heavy atom. The average molecular weight is 348 g/mol. The van der Waals surface area contributed by atoms with Crippen molar-refractivity contribution in [2.24, 2.45) is 0 Å². The number of rotatable bonds is 2. The lowest BCUT2D eigenvalue weighted by Gasteiger charge is -1.99. The molecule has 0 atom stereocenters. The van der Waals surface area contributed by atoms with Crippen LogP contribution in [0.5, 0.6) is 0 Å². The highest BCUT2D eigenvalue weighted by Gasteiger charge is 2.12. The first-order valence-electron chi connectivity index (χ1n) is 6.20. The summed E-state index contributed by atoms with van der Waals surface area (Å²) in [6, 6.07) is 10.1. The molecule has 2 aromatic carbocycles. The molecule has 0 saturated heterocycles. The lowest BCUT2D eigenvalue weighted by Crippen LogP contribution is -1.90. The molecule has 6 heteroatoms. The molecular formula is C15H11BrFN3O. The molecule has 3 aromatic rings. The fraction of sp³-hybridized carbons (Fsp3) is 0.0667. The van der Waals surface area contributed by atoms with Gasteiger partial charge in [0.05, 0.1) is 5.69 Å². The second-order valence-corrected chi connectivity index (χ2v) is 5.48. The first kappa shape index (κ1) is 13.8. The van der Waals surface area contributed by atoms with Crippen molar-refractivity contribution in [2.45, 2.75) is 6.92 Å².